The Kier molecular flexibility index (Phi) is 4.72. The van der Waals surface area contributed by atoms with Gasteiger partial charge in [0.2, 0.25) is 10.0 Å². The molecule has 1 aromatic rings. The Morgan fingerprint density at radius 2 is 2.11 bits per heavy atom. The van der Waals surface area contributed by atoms with E-state index in [1.54, 1.807) is 11.5 Å². The molecule has 18 heavy (non-hydrogen) atoms. The molecule has 0 aliphatic rings. The number of nitrogens with zero attached hydrogens (tertiary/aromatic N) is 1. The summed E-state index contributed by atoms with van der Waals surface area (Å²) in [5, 5.41) is 10.6. The molecule has 6 heteroatoms. The maximum atomic E-state index is 12.5. The number of sulfonamides is 1. The minimum atomic E-state index is -3.55. The number of aliphatic hydroxyl groups is 1. The molecule has 0 aromatic carbocycles. The Morgan fingerprint density at radius 3 is 2.50 bits per heavy atom. The predicted molar refractivity (Wildman–Crippen MR) is 74.1 cm³/mol. The molecule has 0 saturated heterocycles. The Labute approximate surface area is 113 Å². The third kappa shape index (κ3) is 3.20. The van der Waals surface area contributed by atoms with Gasteiger partial charge in [0.15, 0.2) is 0 Å². The van der Waals surface area contributed by atoms with Crippen LogP contribution in [0.4, 0.5) is 0 Å². The first-order valence-electron chi connectivity index (χ1n) is 5.55. The fourth-order valence-electron chi connectivity index (χ4n) is 1.56. The molecule has 0 unspecified atom stereocenters. The van der Waals surface area contributed by atoms with Gasteiger partial charge in [-0.15, -0.1) is 17.9 Å². The van der Waals surface area contributed by atoms with E-state index in [4.69, 9.17) is 5.11 Å². The first-order valence-corrected chi connectivity index (χ1v) is 7.87. The van der Waals surface area contributed by atoms with Gasteiger partial charge in [-0.3, -0.25) is 0 Å². The highest BCUT2D eigenvalue weighted by Crippen LogP contribution is 2.27. The normalized spacial score (nSPS) is 12.9. The monoisotopic (exact) mass is 289 g/mol. The summed E-state index contributed by atoms with van der Waals surface area (Å²) in [6, 6.07) is 1.52. The van der Waals surface area contributed by atoms with E-state index < -0.39 is 15.6 Å². The van der Waals surface area contributed by atoms with Gasteiger partial charge in [0.25, 0.3) is 0 Å². The van der Waals surface area contributed by atoms with Crippen LogP contribution in [0, 0.1) is 0 Å². The van der Waals surface area contributed by atoms with E-state index in [1.807, 2.05) is 20.8 Å². The fourth-order valence-corrected chi connectivity index (χ4v) is 4.43. The summed E-state index contributed by atoms with van der Waals surface area (Å²) in [4.78, 5) is 0.870. The van der Waals surface area contributed by atoms with Crippen LogP contribution in [-0.2, 0) is 16.6 Å². The highest BCUT2D eigenvalue weighted by molar-refractivity contribution is 7.89. The van der Waals surface area contributed by atoms with Crippen molar-refractivity contribution in [2.24, 2.45) is 0 Å². The Morgan fingerprint density at radius 1 is 1.50 bits per heavy atom. The molecule has 0 atom stereocenters. The lowest BCUT2D eigenvalue weighted by molar-refractivity contribution is 0.270. The van der Waals surface area contributed by atoms with Crippen molar-refractivity contribution in [3.8, 4) is 0 Å². The molecule has 0 aliphatic heterocycles. The molecular weight excluding hydrogens is 270 g/mol. The zero-order valence-electron chi connectivity index (χ0n) is 10.9. The van der Waals surface area contributed by atoms with E-state index in [0.717, 1.165) is 0 Å². The second-order valence-electron chi connectivity index (χ2n) is 4.90. The first-order chi connectivity index (χ1) is 8.23. The highest BCUT2D eigenvalue weighted by atomic mass is 32.2. The summed E-state index contributed by atoms with van der Waals surface area (Å²) in [5.74, 6) is 0. The average Bonchev–Trinajstić information content (AvgIpc) is 2.73. The van der Waals surface area contributed by atoms with E-state index >= 15 is 0 Å². The number of rotatable bonds is 5. The van der Waals surface area contributed by atoms with E-state index in [1.165, 1.54) is 21.7 Å². The molecule has 4 nitrogen and oxygen atoms in total. The Bertz CT molecular complexity index is 512. The zero-order valence-corrected chi connectivity index (χ0v) is 12.5. The molecule has 0 spiro atoms. The molecule has 102 valence electrons. The van der Waals surface area contributed by atoms with Crippen molar-refractivity contribution in [2.45, 2.75) is 37.8 Å². The lowest BCUT2D eigenvalue weighted by Crippen LogP contribution is -2.45. The number of aliphatic hydroxyl groups excluding tert-OH is 1. The van der Waals surface area contributed by atoms with Gasteiger partial charge in [-0.05, 0) is 26.8 Å². The summed E-state index contributed by atoms with van der Waals surface area (Å²) < 4.78 is 26.4. The van der Waals surface area contributed by atoms with Crippen molar-refractivity contribution in [1.29, 1.82) is 0 Å². The maximum Gasteiger partial charge on any atom is 0.244 e. The van der Waals surface area contributed by atoms with Gasteiger partial charge in [0.05, 0.1) is 11.5 Å². The molecule has 0 aliphatic carbocycles. The van der Waals surface area contributed by atoms with Gasteiger partial charge in [-0.2, -0.15) is 4.31 Å². The minimum absolute atomic E-state index is 0.142. The molecule has 0 radical (unpaired) electrons. The maximum absolute atomic E-state index is 12.5. The molecule has 0 amide bonds. The predicted octanol–water partition coefficient (Wildman–Crippen LogP) is 2.22. The summed E-state index contributed by atoms with van der Waals surface area (Å²) in [6.07, 6.45) is 1.57. The van der Waals surface area contributed by atoms with Gasteiger partial charge in [0, 0.05) is 22.3 Å². The van der Waals surface area contributed by atoms with E-state index in [2.05, 4.69) is 6.58 Å². The van der Waals surface area contributed by atoms with E-state index in [9.17, 15) is 8.42 Å². The van der Waals surface area contributed by atoms with Crippen LogP contribution in [0.5, 0.6) is 0 Å². The largest absolute Gasteiger partial charge is 0.391 e. The van der Waals surface area contributed by atoms with Crippen LogP contribution in [0.3, 0.4) is 0 Å². The Hall–Kier alpha value is -0.690. The number of hydrogen-bond donors (Lipinski definition) is 1. The van der Waals surface area contributed by atoms with Crippen LogP contribution < -0.4 is 0 Å². The lowest BCUT2D eigenvalue weighted by atomic mass is 10.1. The quantitative estimate of drug-likeness (QED) is 0.846. The number of hydrogen-bond acceptors (Lipinski definition) is 4. The third-order valence-corrected chi connectivity index (χ3v) is 5.60. The second-order valence-corrected chi connectivity index (χ2v) is 7.76. The Balaban J connectivity index is 3.21. The van der Waals surface area contributed by atoms with Crippen molar-refractivity contribution in [3.05, 3.63) is 29.0 Å². The van der Waals surface area contributed by atoms with Crippen LogP contribution in [-0.4, -0.2) is 29.9 Å². The summed E-state index contributed by atoms with van der Waals surface area (Å²) in [5.41, 5.74) is -0.520. The van der Waals surface area contributed by atoms with Crippen LogP contribution in [0.25, 0.3) is 0 Å². The molecule has 1 rings (SSSR count). The fraction of sp³-hybridized carbons (Fsp3) is 0.500. The van der Waals surface area contributed by atoms with Crippen molar-refractivity contribution in [2.75, 3.05) is 6.54 Å². The van der Waals surface area contributed by atoms with Crippen molar-refractivity contribution in [1.82, 2.24) is 4.31 Å². The molecule has 1 heterocycles. The smallest absolute Gasteiger partial charge is 0.244 e. The summed E-state index contributed by atoms with van der Waals surface area (Å²) in [6.45, 7) is 9.24. The average molecular weight is 289 g/mol. The van der Waals surface area contributed by atoms with Crippen LogP contribution in [0.2, 0.25) is 0 Å². The number of thiophene rings is 1. The van der Waals surface area contributed by atoms with Crippen molar-refractivity contribution >= 4 is 21.4 Å². The van der Waals surface area contributed by atoms with Crippen LogP contribution in [0.15, 0.2) is 29.0 Å². The van der Waals surface area contributed by atoms with E-state index in [0.29, 0.717) is 4.88 Å². The van der Waals surface area contributed by atoms with Crippen molar-refractivity contribution < 1.29 is 13.5 Å². The lowest BCUT2D eigenvalue weighted by Gasteiger charge is -2.33. The molecular formula is C12H19NO3S2. The SMILES string of the molecule is C=CCN(C(C)(C)C)S(=O)(=O)c1csc(CO)c1. The van der Waals surface area contributed by atoms with E-state index in [-0.39, 0.29) is 18.0 Å². The zero-order chi connectivity index (χ0) is 14.0. The third-order valence-electron chi connectivity index (χ3n) is 2.42. The highest BCUT2D eigenvalue weighted by Gasteiger charge is 2.33. The van der Waals surface area contributed by atoms with Gasteiger partial charge in [0.1, 0.15) is 0 Å². The molecule has 1 aromatic heterocycles. The standard InChI is InChI=1S/C12H19NO3S2/c1-5-6-13(12(2,3)4)18(15,16)11-7-10(8-14)17-9-11/h5,7,9,14H,1,6,8H2,2-4H3. The molecule has 0 fully saturated rings. The topological polar surface area (TPSA) is 57.6 Å². The van der Waals surface area contributed by atoms with Crippen LogP contribution >= 0.6 is 11.3 Å². The summed E-state index contributed by atoms with van der Waals surface area (Å²) >= 11 is 1.24. The van der Waals surface area contributed by atoms with Gasteiger partial charge >= 0.3 is 0 Å². The van der Waals surface area contributed by atoms with Gasteiger partial charge in [-0.1, -0.05) is 6.08 Å². The first kappa shape index (κ1) is 15.4. The summed E-state index contributed by atoms with van der Waals surface area (Å²) in [7, 11) is -3.55. The van der Waals surface area contributed by atoms with Gasteiger partial charge in [-0.25, -0.2) is 8.42 Å². The minimum Gasteiger partial charge on any atom is -0.391 e. The van der Waals surface area contributed by atoms with Crippen molar-refractivity contribution in [3.63, 3.8) is 0 Å². The molecule has 0 saturated carbocycles. The molecule has 0 bridgehead atoms. The molecule has 1 N–H and O–H groups in total. The second kappa shape index (κ2) is 5.52. The van der Waals surface area contributed by atoms with Gasteiger partial charge < -0.3 is 5.11 Å². The van der Waals surface area contributed by atoms with Crippen LogP contribution in [0.1, 0.15) is 25.6 Å².